The van der Waals surface area contributed by atoms with Gasteiger partial charge in [-0.15, -0.1) is 0 Å². The van der Waals surface area contributed by atoms with E-state index in [2.05, 4.69) is 25.6 Å². The second-order valence-corrected chi connectivity index (χ2v) is 6.49. The van der Waals surface area contributed by atoms with E-state index >= 15 is 0 Å². The van der Waals surface area contributed by atoms with Crippen molar-refractivity contribution in [1.29, 1.82) is 0 Å². The predicted molar refractivity (Wildman–Crippen MR) is 72.4 cm³/mol. The van der Waals surface area contributed by atoms with Crippen molar-refractivity contribution in [3.63, 3.8) is 0 Å². The van der Waals surface area contributed by atoms with Crippen LogP contribution in [-0.2, 0) is 10.0 Å². The maximum atomic E-state index is 11.7. The van der Waals surface area contributed by atoms with Gasteiger partial charge in [-0.05, 0) is 53.9 Å². The molecule has 0 aliphatic heterocycles. The van der Waals surface area contributed by atoms with E-state index in [0.717, 1.165) is 10.0 Å². The van der Waals surface area contributed by atoms with Gasteiger partial charge in [0.2, 0.25) is 10.0 Å². The molecule has 0 fully saturated rings. The first kappa shape index (κ1) is 14.4. The summed E-state index contributed by atoms with van der Waals surface area (Å²) >= 11 is 3.27. The molecule has 0 amide bonds. The van der Waals surface area contributed by atoms with Gasteiger partial charge in [-0.3, -0.25) is 4.72 Å². The average molecular weight is 322 g/mol. The lowest BCUT2D eigenvalue weighted by molar-refractivity contribution is 0.596. The minimum Gasteiger partial charge on any atom is -0.330 e. The number of pyridine rings is 1. The van der Waals surface area contributed by atoms with Crippen molar-refractivity contribution in [1.82, 2.24) is 4.98 Å². The van der Waals surface area contributed by atoms with Crippen LogP contribution in [0, 0.1) is 6.92 Å². The molecule has 0 aliphatic rings. The van der Waals surface area contributed by atoms with Crippen molar-refractivity contribution in [2.24, 2.45) is 5.73 Å². The topological polar surface area (TPSA) is 85.1 Å². The van der Waals surface area contributed by atoms with Gasteiger partial charge in [-0.1, -0.05) is 0 Å². The molecular formula is C10H16BrN3O2S. The molecule has 96 valence electrons. The van der Waals surface area contributed by atoms with Gasteiger partial charge in [0.25, 0.3) is 0 Å². The lowest BCUT2D eigenvalue weighted by Gasteiger charge is -2.09. The molecule has 0 aromatic carbocycles. The summed E-state index contributed by atoms with van der Waals surface area (Å²) in [6, 6.07) is 1.81. The molecular weight excluding hydrogens is 306 g/mol. The molecule has 1 rings (SSSR count). The Labute approximate surface area is 110 Å². The lowest BCUT2D eigenvalue weighted by atomic mass is 10.3. The maximum Gasteiger partial charge on any atom is 0.233 e. The zero-order chi connectivity index (χ0) is 12.9. The van der Waals surface area contributed by atoms with Crippen LogP contribution in [0.25, 0.3) is 0 Å². The SMILES string of the molecule is Cc1cc(Br)cnc1NS(=O)(=O)CCCCN. The molecule has 0 saturated heterocycles. The zero-order valence-electron chi connectivity index (χ0n) is 9.61. The summed E-state index contributed by atoms with van der Waals surface area (Å²) in [7, 11) is -3.33. The summed E-state index contributed by atoms with van der Waals surface area (Å²) in [5.41, 5.74) is 6.10. The van der Waals surface area contributed by atoms with Crippen LogP contribution in [0.15, 0.2) is 16.7 Å². The van der Waals surface area contributed by atoms with Crippen LogP contribution in [0.4, 0.5) is 5.82 Å². The first-order valence-corrected chi connectivity index (χ1v) is 7.72. The van der Waals surface area contributed by atoms with Gasteiger partial charge < -0.3 is 5.73 Å². The Morgan fingerprint density at radius 2 is 2.18 bits per heavy atom. The number of hydrogen-bond donors (Lipinski definition) is 2. The first-order chi connectivity index (χ1) is 7.94. The highest BCUT2D eigenvalue weighted by Crippen LogP contribution is 2.17. The largest absolute Gasteiger partial charge is 0.330 e. The lowest BCUT2D eigenvalue weighted by Crippen LogP contribution is -2.18. The maximum absolute atomic E-state index is 11.7. The van der Waals surface area contributed by atoms with Crippen LogP contribution in [0.5, 0.6) is 0 Å². The van der Waals surface area contributed by atoms with Crippen LogP contribution < -0.4 is 10.5 Å². The highest BCUT2D eigenvalue weighted by Gasteiger charge is 2.12. The van der Waals surface area contributed by atoms with Crippen LogP contribution in [0.3, 0.4) is 0 Å². The van der Waals surface area contributed by atoms with Gasteiger partial charge in [-0.25, -0.2) is 13.4 Å². The number of unbranched alkanes of at least 4 members (excludes halogenated alkanes) is 1. The molecule has 0 radical (unpaired) electrons. The number of nitrogens with two attached hydrogens (primary N) is 1. The molecule has 0 aliphatic carbocycles. The van der Waals surface area contributed by atoms with Gasteiger partial charge in [-0.2, -0.15) is 0 Å². The van der Waals surface area contributed by atoms with Crippen LogP contribution >= 0.6 is 15.9 Å². The summed E-state index contributed by atoms with van der Waals surface area (Å²) in [5, 5.41) is 0. The van der Waals surface area contributed by atoms with E-state index in [1.807, 2.05) is 6.07 Å². The Hall–Kier alpha value is -0.660. The van der Waals surface area contributed by atoms with Crippen molar-refractivity contribution in [2.75, 3.05) is 17.0 Å². The number of anilines is 1. The number of nitrogens with zero attached hydrogens (tertiary/aromatic N) is 1. The number of hydrogen-bond acceptors (Lipinski definition) is 4. The standard InChI is InChI=1S/C10H16BrN3O2S/c1-8-6-9(11)7-13-10(8)14-17(15,16)5-3-2-4-12/h6-7H,2-5,12H2,1H3,(H,13,14). The third-order valence-electron chi connectivity index (χ3n) is 2.16. The molecule has 0 bridgehead atoms. The molecule has 0 saturated carbocycles. The fourth-order valence-corrected chi connectivity index (χ4v) is 2.92. The van der Waals surface area contributed by atoms with E-state index in [4.69, 9.17) is 5.73 Å². The second-order valence-electron chi connectivity index (χ2n) is 3.74. The molecule has 7 heteroatoms. The van der Waals surface area contributed by atoms with Crippen molar-refractivity contribution in [2.45, 2.75) is 19.8 Å². The molecule has 3 N–H and O–H groups in total. The highest BCUT2D eigenvalue weighted by molar-refractivity contribution is 9.10. The molecule has 5 nitrogen and oxygen atoms in total. The second kappa shape index (κ2) is 6.32. The van der Waals surface area contributed by atoms with Crippen LogP contribution in [-0.4, -0.2) is 25.7 Å². The number of aryl methyl sites for hydroxylation is 1. The van der Waals surface area contributed by atoms with E-state index in [0.29, 0.717) is 25.2 Å². The summed E-state index contributed by atoms with van der Waals surface area (Å²) in [6.07, 6.45) is 2.82. The average Bonchev–Trinajstić information content (AvgIpc) is 2.22. The van der Waals surface area contributed by atoms with Gasteiger partial charge in [0.15, 0.2) is 0 Å². The smallest absolute Gasteiger partial charge is 0.233 e. The van der Waals surface area contributed by atoms with E-state index in [1.165, 1.54) is 0 Å². The summed E-state index contributed by atoms with van der Waals surface area (Å²) < 4.78 is 26.7. The number of aromatic nitrogens is 1. The Morgan fingerprint density at radius 1 is 1.47 bits per heavy atom. The molecule has 0 atom stereocenters. The first-order valence-electron chi connectivity index (χ1n) is 5.27. The minimum atomic E-state index is -3.33. The van der Waals surface area contributed by atoms with Gasteiger partial charge in [0.1, 0.15) is 5.82 Å². The third kappa shape index (κ3) is 5.01. The normalized spacial score (nSPS) is 11.5. The monoisotopic (exact) mass is 321 g/mol. The van der Waals surface area contributed by atoms with Crippen molar-refractivity contribution in [3.8, 4) is 0 Å². The van der Waals surface area contributed by atoms with Gasteiger partial charge in [0, 0.05) is 10.7 Å². The Morgan fingerprint density at radius 3 is 2.76 bits per heavy atom. The number of halogens is 1. The van der Waals surface area contributed by atoms with Crippen molar-refractivity contribution < 1.29 is 8.42 Å². The summed E-state index contributed by atoms with van der Waals surface area (Å²) in [4.78, 5) is 4.03. The number of sulfonamides is 1. The molecule has 17 heavy (non-hydrogen) atoms. The molecule has 1 aromatic rings. The molecule has 1 aromatic heterocycles. The fourth-order valence-electron chi connectivity index (χ4n) is 1.28. The van der Waals surface area contributed by atoms with Gasteiger partial charge in [0.05, 0.1) is 5.75 Å². The van der Waals surface area contributed by atoms with E-state index < -0.39 is 10.0 Å². The third-order valence-corrected chi connectivity index (χ3v) is 3.93. The zero-order valence-corrected chi connectivity index (χ0v) is 12.0. The quantitative estimate of drug-likeness (QED) is 0.780. The van der Waals surface area contributed by atoms with E-state index in [9.17, 15) is 8.42 Å². The highest BCUT2D eigenvalue weighted by atomic mass is 79.9. The van der Waals surface area contributed by atoms with Crippen LogP contribution in [0.2, 0.25) is 0 Å². The minimum absolute atomic E-state index is 0.0708. The van der Waals surface area contributed by atoms with Crippen molar-refractivity contribution >= 4 is 31.8 Å². The number of nitrogens with one attached hydrogen (secondary N) is 1. The summed E-state index contributed by atoms with van der Waals surface area (Å²) in [6.45, 7) is 2.31. The Kier molecular flexibility index (Phi) is 5.35. The Bertz CT molecular complexity index is 476. The van der Waals surface area contributed by atoms with Crippen molar-refractivity contribution in [3.05, 3.63) is 22.3 Å². The Balaban J connectivity index is 2.69. The van der Waals surface area contributed by atoms with E-state index in [-0.39, 0.29) is 5.75 Å². The number of rotatable bonds is 6. The molecule has 0 spiro atoms. The summed E-state index contributed by atoms with van der Waals surface area (Å²) in [5.74, 6) is 0.447. The molecule has 0 unspecified atom stereocenters. The van der Waals surface area contributed by atoms with Gasteiger partial charge >= 0.3 is 0 Å². The molecule has 1 heterocycles. The van der Waals surface area contributed by atoms with E-state index in [1.54, 1.807) is 13.1 Å². The van der Waals surface area contributed by atoms with Crippen LogP contribution in [0.1, 0.15) is 18.4 Å². The fraction of sp³-hybridized carbons (Fsp3) is 0.500. The predicted octanol–water partition coefficient (Wildman–Crippen LogP) is 1.63.